The lowest BCUT2D eigenvalue weighted by Gasteiger charge is -2.40. The lowest BCUT2D eigenvalue weighted by Crippen LogP contribution is -2.44. The van der Waals surface area contributed by atoms with E-state index in [4.69, 9.17) is 9.47 Å². The zero-order valence-electron chi connectivity index (χ0n) is 25.2. The average molecular weight is 580 g/mol. The van der Waals surface area contributed by atoms with Crippen molar-refractivity contribution in [1.82, 2.24) is 4.57 Å². The fourth-order valence-corrected chi connectivity index (χ4v) is 6.23. The molecule has 0 saturated carbocycles. The number of thioether (sulfide) groups is 1. The first-order chi connectivity index (χ1) is 19.0. The molecule has 0 spiro atoms. The largest absolute Gasteiger partial charge is 0.511 e. The number of hydrogen-bond donors (Lipinski definition) is 2. The van der Waals surface area contributed by atoms with Gasteiger partial charge in [-0.1, -0.05) is 58.5 Å². The minimum absolute atomic E-state index is 0.0219. The van der Waals surface area contributed by atoms with Crippen LogP contribution in [0, 0.1) is 5.92 Å². The molecule has 0 saturated heterocycles. The molecular formula is C33H41NO6S. The molecule has 41 heavy (non-hydrogen) atoms. The molecule has 1 aromatic heterocycles. The lowest BCUT2D eigenvalue weighted by molar-refractivity contribution is -0.164. The predicted molar refractivity (Wildman–Crippen MR) is 162 cm³/mol. The topological polar surface area (TPSA) is 98.0 Å². The summed E-state index contributed by atoms with van der Waals surface area (Å²) >= 11 is 1.21. The van der Waals surface area contributed by atoms with E-state index in [1.807, 2.05) is 65.0 Å². The maximum atomic E-state index is 13.5. The highest BCUT2D eigenvalue weighted by Crippen LogP contribution is 2.46. The summed E-state index contributed by atoms with van der Waals surface area (Å²) in [6.45, 7) is 15.7. The van der Waals surface area contributed by atoms with Gasteiger partial charge in [-0.05, 0) is 86.4 Å². The van der Waals surface area contributed by atoms with Crippen molar-refractivity contribution in [3.8, 4) is 5.75 Å². The number of phenols is 1. The number of rotatable bonds is 6. The van der Waals surface area contributed by atoms with Crippen LogP contribution in [0.2, 0.25) is 0 Å². The highest BCUT2D eigenvalue weighted by atomic mass is 32.2. The van der Waals surface area contributed by atoms with Gasteiger partial charge in [0.1, 0.15) is 27.6 Å². The number of fused-ring (bicyclic) bond motifs is 1. The third kappa shape index (κ3) is 6.75. The number of phenolic OH excluding ortho intramolecular Hbond substituents is 1. The standard InChI is InChI=1S/C33H41NO6S/c1-20(2)33(15-13-21-9-11-23(35)12-10-21)19-26(36)28(29(37)39-33)41-27-17-22-14-16-34(30(38)40-32(6,7)8)25(22)18-24(27)31(3,4)5/h9-12,14,16-18,20,35-36H,13,15,19H2,1-8H3/t33-/m0/s1. The lowest BCUT2D eigenvalue weighted by atomic mass is 9.80. The smallest absolute Gasteiger partial charge is 0.418 e. The number of benzene rings is 2. The third-order valence-electron chi connectivity index (χ3n) is 7.44. The van der Waals surface area contributed by atoms with E-state index in [1.54, 1.807) is 18.3 Å². The Balaban J connectivity index is 1.66. The van der Waals surface area contributed by atoms with Gasteiger partial charge in [-0.2, -0.15) is 0 Å². The number of aliphatic hydroxyl groups is 1. The number of aliphatic hydroxyl groups excluding tert-OH is 1. The number of ether oxygens (including phenoxy) is 2. The normalized spacial score (nSPS) is 18.2. The second kappa shape index (κ2) is 11.1. The number of carbonyl (C=O) groups is 2. The van der Waals surface area contributed by atoms with Crippen LogP contribution < -0.4 is 0 Å². The van der Waals surface area contributed by atoms with E-state index in [0.717, 1.165) is 21.4 Å². The molecule has 220 valence electrons. The van der Waals surface area contributed by atoms with Crippen molar-refractivity contribution in [2.45, 2.75) is 96.2 Å². The summed E-state index contributed by atoms with van der Waals surface area (Å²) in [5.41, 5.74) is 0.872. The van der Waals surface area contributed by atoms with Gasteiger partial charge in [0.15, 0.2) is 0 Å². The highest BCUT2D eigenvalue weighted by molar-refractivity contribution is 8.04. The van der Waals surface area contributed by atoms with Crippen LogP contribution in [0.15, 0.2) is 64.2 Å². The molecule has 0 radical (unpaired) electrons. The van der Waals surface area contributed by atoms with Crippen LogP contribution in [0.25, 0.3) is 10.9 Å². The molecule has 0 aliphatic carbocycles. The van der Waals surface area contributed by atoms with Gasteiger partial charge in [0, 0.05) is 22.9 Å². The maximum Gasteiger partial charge on any atom is 0.418 e. The molecular weight excluding hydrogens is 538 g/mol. The molecule has 2 N–H and O–H groups in total. The van der Waals surface area contributed by atoms with Crippen LogP contribution in [0.5, 0.6) is 5.75 Å². The first-order valence-electron chi connectivity index (χ1n) is 14.0. The number of hydrogen-bond acceptors (Lipinski definition) is 7. The molecule has 4 rings (SSSR count). The van der Waals surface area contributed by atoms with Crippen molar-refractivity contribution in [2.75, 3.05) is 0 Å². The summed E-state index contributed by atoms with van der Waals surface area (Å²) in [6.07, 6.45) is 2.64. The number of nitrogens with zero attached hydrogens (tertiary/aromatic N) is 1. The molecule has 3 aromatic rings. The number of carbonyl (C=O) groups excluding carboxylic acids is 2. The highest BCUT2D eigenvalue weighted by Gasteiger charge is 2.44. The number of esters is 1. The van der Waals surface area contributed by atoms with Gasteiger partial charge in [0.2, 0.25) is 0 Å². The second-order valence-corrected chi connectivity index (χ2v) is 14.2. The van der Waals surface area contributed by atoms with Gasteiger partial charge >= 0.3 is 12.1 Å². The Bertz CT molecular complexity index is 1490. The van der Waals surface area contributed by atoms with Gasteiger partial charge in [-0.15, -0.1) is 0 Å². The Labute approximate surface area is 246 Å². The molecule has 2 heterocycles. The van der Waals surface area contributed by atoms with Crippen LogP contribution in [0.4, 0.5) is 4.79 Å². The van der Waals surface area contributed by atoms with E-state index >= 15 is 0 Å². The molecule has 1 atom stereocenters. The Morgan fingerprint density at radius 2 is 1.73 bits per heavy atom. The zero-order chi connectivity index (χ0) is 30.3. The number of cyclic esters (lactones) is 1. The quantitative estimate of drug-likeness (QED) is 0.284. The summed E-state index contributed by atoms with van der Waals surface area (Å²) < 4.78 is 13.2. The Kier molecular flexibility index (Phi) is 8.29. The Hall–Kier alpha value is -3.39. The number of aromatic hydroxyl groups is 1. The van der Waals surface area contributed by atoms with Crippen molar-refractivity contribution in [3.63, 3.8) is 0 Å². The van der Waals surface area contributed by atoms with E-state index in [-0.39, 0.29) is 34.2 Å². The van der Waals surface area contributed by atoms with E-state index in [9.17, 15) is 19.8 Å². The first-order valence-corrected chi connectivity index (χ1v) is 14.8. The molecule has 0 unspecified atom stereocenters. The monoisotopic (exact) mass is 579 g/mol. The predicted octanol–water partition coefficient (Wildman–Crippen LogP) is 8.26. The fourth-order valence-electron chi connectivity index (χ4n) is 5.03. The van der Waals surface area contributed by atoms with E-state index in [0.29, 0.717) is 18.4 Å². The molecule has 0 fully saturated rings. The number of aromatic nitrogens is 1. The van der Waals surface area contributed by atoms with Crippen LogP contribution in [-0.4, -0.2) is 38.0 Å². The van der Waals surface area contributed by atoms with Crippen molar-refractivity contribution in [3.05, 3.63) is 70.5 Å². The van der Waals surface area contributed by atoms with Crippen molar-refractivity contribution >= 4 is 34.7 Å². The maximum absolute atomic E-state index is 13.5. The summed E-state index contributed by atoms with van der Waals surface area (Å²) in [6, 6.07) is 12.7. The van der Waals surface area contributed by atoms with Crippen LogP contribution in [-0.2, 0) is 26.1 Å². The van der Waals surface area contributed by atoms with Crippen molar-refractivity contribution in [1.29, 1.82) is 0 Å². The van der Waals surface area contributed by atoms with Gasteiger partial charge in [0.05, 0.1) is 5.52 Å². The third-order valence-corrected chi connectivity index (χ3v) is 8.60. The Morgan fingerprint density at radius 3 is 2.29 bits per heavy atom. The molecule has 1 aliphatic heterocycles. The van der Waals surface area contributed by atoms with Gasteiger partial charge in [0.25, 0.3) is 0 Å². The SMILES string of the molecule is CC(C)[C@]1(CCc2ccc(O)cc2)CC(O)=C(Sc2cc3ccn(C(=O)OC(C)(C)C)c3cc2C(C)(C)C)C(=O)O1. The van der Waals surface area contributed by atoms with Crippen LogP contribution in [0.3, 0.4) is 0 Å². The van der Waals surface area contributed by atoms with Crippen LogP contribution in [0.1, 0.15) is 79.4 Å². The van der Waals surface area contributed by atoms with Gasteiger partial charge in [-0.25, -0.2) is 9.59 Å². The van der Waals surface area contributed by atoms with E-state index in [1.165, 1.54) is 16.3 Å². The summed E-state index contributed by atoms with van der Waals surface area (Å²) in [5, 5.41) is 21.7. The molecule has 2 aromatic carbocycles. The molecule has 0 amide bonds. The molecule has 1 aliphatic rings. The van der Waals surface area contributed by atoms with Crippen LogP contribution >= 0.6 is 11.8 Å². The zero-order valence-corrected chi connectivity index (χ0v) is 26.0. The van der Waals surface area contributed by atoms with Crippen molar-refractivity contribution < 1.29 is 29.3 Å². The van der Waals surface area contributed by atoms with E-state index in [2.05, 4.69) is 20.8 Å². The van der Waals surface area contributed by atoms with Gasteiger partial charge < -0.3 is 19.7 Å². The summed E-state index contributed by atoms with van der Waals surface area (Å²) in [7, 11) is 0. The molecule has 8 heteroatoms. The summed E-state index contributed by atoms with van der Waals surface area (Å²) in [5.74, 6) is -0.333. The fraction of sp³-hybridized carbons (Fsp3) is 0.455. The average Bonchev–Trinajstić information content (AvgIpc) is 3.27. The second-order valence-electron chi connectivity index (χ2n) is 13.2. The Morgan fingerprint density at radius 1 is 1.07 bits per heavy atom. The molecule has 0 bridgehead atoms. The van der Waals surface area contributed by atoms with E-state index < -0.39 is 23.3 Å². The van der Waals surface area contributed by atoms with Gasteiger partial charge in [-0.3, -0.25) is 4.57 Å². The minimum atomic E-state index is -0.843. The van der Waals surface area contributed by atoms with Crippen molar-refractivity contribution in [2.24, 2.45) is 5.92 Å². The minimum Gasteiger partial charge on any atom is -0.511 e. The molecule has 7 nitrogen and oxygen atoms in total. The first kappa shape index (κ1) is 30.6. The number of aryl methyl sites for hydroxylation is 1. The summed E-state index contributed by atoms with van der Waals surface area (Å²) in [4.78, 5) is 27.4.